The van der Waals surface area contributed by atoms with Gasteiger partial charge in [0, 0.05) is 24.7 Å². The van der Waals surface area contributed by atoms with E-state index in [1.165, 1.54) is 11.3 Å². The van der Waals surface area contributed by atoms with E-state index in [2.05, 4.69) is 0 Å². The molecule has 1 amide bonds. The Bertz CT molecular complexity index is 720. The summed E-state index contributed by atoms with van der Waals surface area (Å²) in [5.41, 5.74) is 2.57. The van der Waals surface area contributed by atoms with Crippen molar-refractivity contribution in [1.29, 1.82) is 0 Å². The molecule has 1 aromatic heterocycles. The maximum absolute atomic E-state index is 12.6. The lowest BCUT2D eigenvalue weighted by Crippen LogP contribution is -2.31. The zero-order chi connectivity index (χ0) is 15.0. The first-order valence-electron chi connectivity index (χ1n) is 6.67. The highest BCUT2D eigenvalue weighted by molar-refractivity contribution is 7.12. The van der Waals surface area contributed by atoms with Gasteiger partial charge in [-0.1, -0.05) is 0 Å². The number of hydrogen-bond acceptors (Lipinski definition) is 4. The summed E-state index contributed by atoms with van der Waals surface area (Å²) >= 11 is 1.38. The number of ether oxygens (including phenoxy) is 1. The molecule has 0 radical (unpaired) electrons. The molecular formula is C16H15NO3S. The molecular weight excluding hydrogens is 286 g/mol. The number of amides is 1. The summed E-state index contributed by atoms with van der Waals surface area (Å²) < 4.78 is 5.21. The minimum atomic E-state index is -0.0378. The van der Waals surface area contributed by atoms with Crippen LogP contribution in [0.15, 0.2) is 29.6 Å². The van der Waals surface area contributed by atoms with E-state index in [9.17, 15) is 9.59 Å². The molecule has 108 valence electrons. The summed E-state index contributed by atoms with van der Waals surface area (Å²) in [5.74, 6) is 0.681. The van der Waals surface area contributed by atoms with E-state index in [0.29, 0.717) is 29.0 Å². The van der Waals surface area contributed by atoms with Gasteiger partial charge in [-0.2, -0.15) is 0 Å². The number of hydrogen-bond donors (Lipinski definition) is 0. The van der Waals surface area contributed by atoms with Crippen molar-refractivity contribution < 1.29 is 14.3 Å². The van der Waals surface area contributed by atoms with E-state index in [4.69, 9.17) is 4.74 Å². The topological polar surface area (TPSA) is 46.6 Å². The quantitative estimate of drug-likeness (QED) is 0.819. The van der Waals surface area contributed by atoms with E-state index in [-0.39, 0.29) is 11.7 Å². The van der Waals surface area contributed by atoms with Crippen LogP contribution in [-0.4, -0.2) is 25.8 Å². The normalized spacial score (nSPS) is 14.0. The van der Waals surface area contributed by atoms with Crippen molar-refractivity contribution >= 4 is 28.7 Å². The fourth-order valence-corrected chi connectivity index (χ4v) is 3.37. The van der Waals surface area contributed by atoms with E-state index in [1.807, 2.05) is 17.5 Å². The van der Waals surface area contributed by atoms with Gasteiger partial charge in [0.1, 0.15) is 10.6 Å². The summed E-state index contributed by atoms with van der Waals surface area (Å²) in [4.78, 5) is 26.5. The van der Waals surface area contributed by atoms with Gasteiger partial charge >= 0.3 is 0 Å². The predicted octanol–water partition coefficient (Wildman–Crippen LogP) is 2.90. The molecule has 0 spiro atoms. The molecule has 3 rings (SSSR count). The van der Waals surface area contributed by atoms with Crippen LogP contribution in [0.4, 0.5) is 5.69 Å². The molecule has 0 atom stereocenters. The second-order valence-corrected chi connectivity index (χ2v) is 5.86. The number of methoxy groups -OCH3 is 1. The van der Waals surface area contributed by atoms with Crippen molar-refractivity contribution in [1.82, 2.24) is 0 Å². The van der Waals surface area contributed by atoms with Crippen molar-refractivity contribution in [2.24, 2.45) is 0 Å². The maximum Gasteiger partial charge on any atom is 0.227 e. The number of carbonyl (C=O) groups is 2. The first kappa shape index (κ1) is 13.8. The number of thiophene rings is 1. The van der Waals surface area contributed by atoms with Gasteiger partial charge in [0.15, 0.2) is 0 Å². The molecule has 5 heteroatoms. The smallest absolute Gasteiger partial charge is 0.227 e. The zero-order valence-corrected chi connectivity index (χ0v) is 12.7. The van der Waals surface area contributed by atoms with E-state index >= 15 is 0 Å². The Balaban J connectivity index is 1.98. The number of aryl methyl sites for hydroxylation is 1. The minimum absolute atomic E-state index is 0.0378. The van der Waals surface area contributed by atoms with Gasteiger partial charge < -0.3 is 9.64 Å². The van der Waals surface area contributed by atoms with Crippen LogP contribution in [0.1, 0.15) is 27.2 Å². The van der Waals surface area contributed by atoms with Gasteiger partial charge in [-0.25, -0.2) is 0 Å². The highest BCUT2D eigenvalue weighted by Crippen LogP contribution is 2.31. The molecule has 21 heavy (non-hydrogen) atoms. The lowest BCUT2D eigenvalue weighted by Gasteiger charge is -2.26. The fraction of sp³-hybridized carbons (Fsp3) is 0.250. The molecule has 1 aliphatic rings. The van der Waals surface area contributed by atoms with Gasteiger partial charge in [0.2, 0.25) is 11.7 Å². The molecule has 0 fully saturated rings. The monoisotopic (exact) mass is 301 g/mol. The molecule has 0 aliphatic carbocycles. The number of carbonyl (C=O) groups excluding carboxylic acids is 2. The molecule has 0 unspecified atom stereocenters. The Labute approximate surface area is 127 Å². The van der Waals surface area contributed by atoms with Crippen LogP contribution >= 0.6 is 11.3 Å². The van der Waals surface area contributed by atoms with Crippen LogP contribution in [0.3, 0.4) is 0 Å². The summed E-state index contributed by atoms with van der Waals surface area (Å²) in [6.45, 7) is 0. The largest absolute Gasteiger partial charge is 0.495 e. The Morgan fingerprint density at radius 3 is 2.86 bits per heavy atom. The van der Waals surface area contributed by atoms with Crippen molar-refractivity contribution in [3.8, 4) is 5.75 Å². The lowest BCUT2D eigenvalue weighted by molar-refractivity contribution is -0.118. The van der Waals surface area contributed by atoms with Crippen molar-refractivity contribution in [3.63, 3.8) is 0 Å². The van der Waals surface area contributed by atoms with Crippen molar-refractivity contribution in [3.05, 3.63) is 45.6 Å². The summed E-state index contributed by atoms with van der Waals surface area (Å²) in [6.07, 6.45) is 1.17. The average molecular weight is 301 g/mol. The molecule has 0 saturated carbocycles. The third-order valence-corrected chi connectivity index (χ3v) is 4.64. The number of rotatable bonds is 3. The number of nitrogens with zero attached hydrogens (tertiary/aromatic N) is 1. The van der Waals surface area contributed by atoms with Crippen LogP contribution in [0.2, 0.25) is 0 Å². The number of anilines is 1. The number of fused-ring (bicyclic) bond motifs is 1. The Morgan fingerprint density at radius 1 is 1.29 bits per heavy atom. The number of ketones is 1. The third kappa shape index (κ3) is 2.34. The van der Waals surface area contributed by atoms with Crippen LogP contribution in [0, 0.1) is 0 Å². The Hall–Kier alpha value is -2.14. The molecule has 0 N–H and O–H groups in total. The second kappa shape index (κ2) is 5.33. The average Bonchev–Trinajstić information content (AvgIpc) is 2.98. The highest BCUT2D eigenvalue weighted by atomic mass is 32.1. The molecule has 0 bridgehead atoms. The first-order chi connectivity index (χ1) is 10.1. The fourth-order valence-electron chi connectivity index (χ4n) is 2.55. The highest BCUT2D eigenvalue weighted by Gasteiger charge is 2.23. The van der Waals surface area contributed by atoms with E-state index in [0.717, 1.165) is 11.3 Å². The van der Waals surface area contributed by atoms with E-state index < -0.39 is 0 Å². The SMILES string of the molecule is COc1ccsc1C(=O)c1ccc2c(c1)CCC(=O)N2C. The number of benzene rings is 1. The molecule has 2 heterocycles. The zero-order valence-electron chi connectivity index (χ0n) is 11.9. The third-order valence-electron chi connectivity index (χ3n) is 3.74. The summed E-state index contributed by atoms with van der Waals surface area (Å²) in [5, 5.41) is 1.84. The summed E-state index contributed by atoms with van der Waals surface area (Å²) in [6, 6.07) is 7.30. The predicted molar refractivity (Wildman–Crippen MR) is 82.5 cm³/mol. The van der Waals surface area contributed by atoms with Gasteiger partial charge in [-0.05, 0) is 41.6 Å². The molecule has 0 saturated heterocycles. The van der Waals surface area contributed by atoms with Crippen molar-refractivity contribution in [2.75, 3.05) is 19.1 Å². The van der Waals surface area contributed by atoms with Gasteiger partial charge in [-0.15, -0.1) is 11.3 Å². The van der Waals surface area contributed by atoms with Crippen LogP contribution in [0.5, 0.6) is 5.75 Å². The minimum Gasteiger partial charge on any atom is -0.495 e. The summed E-state index contributed by atoms with van der Waals surface area (Å²) in [7, 11) is 3.33. The standard InChI is InChI=1S/C16H15NO3S/c1-17-12-5-3-11(9-10(12)4-6-14(17)18)15(19)16-13(20-2)7-8-21-16/h3,5,7-9H,4,6H2,1-2H3. The Morgan fingerprint density at radius 2 is 2.10 bits per heavy atom. The van der Waals surface area contributed by atoms with Gasteiger partial charge in [0.05, 0.1) is 7.11 Å². The maximum atomic E-state index is 12.6. The van der Waals surface area contributed by atoms with Crippen LogP contribution < -0.4 is 9.64 Å². The van der Waals surface area contributed by atoms with E-state index in [1.54, 1.807) is 31.2 Å². The molecule has 2 aromatic rings. The molecule has 1 aromatic carbocycles. The Kier molecular flexibility index (Phi) is 3.51. The van der Waals surface area contributed by atoms with Crippen LogP contribution in [0.25, 0.3) is 0 Å². The van der Waals surface area contributed by atoms with Crippen LogP contribution in [-0.2, 0) is 11.2 Å². The van der Waals surface area contributed by atoms with Crippen molar-refractivity contribution in [2.45, 2.75) is 12.8 Å². The van der Waals surface area contributed by atoms with Gasteiger partial charge in [-0.3, -0.25) is 9.59 Å². The molecule has 1 aliphatic heterocycles. The lowest BCUT2D eigenvalue weighted by atomic mass is 9.97. The molecule has 4 nitrogen and oxygen atoms in total. The first-order valence-corrected chi connectivity index (χ1v) is 7.55. The second-order valence-electron chi connectivity index (χ2n) is 4.94. The van der Waals surface area contributed by atoms with Gasteiger partial charge in [0.25, 0.3) is 0 Å².